The number of hydrogen-bond donors (Lipinski definition) is 0. The highest BCUT2D eigenvalue weighted by Gasteiger charge is 2.29. The van der Waals surface area contributed by atoms with Crippen LogP contribution < -0.4 is 14.4 Å². The number of methoxy groups -OCH3 is 2. The Morgan fingerprint density at radius 2 is 1.44 bits per heavy atom. The normalized spacial score (nSPS) is 14.8. The summed E-state index contributed by atoms with van der Waals surface area (Å²) in [4.78, 5) is 29.8. The molecule has 2 aliphatic heterocycles. The van der Waals surface area contributed by atoms with E-state index < -0.39 is 0 Å². The maximum absolute atomic E-state index is 13.7. The minimum absolute atomic E-state index is 0.0633. The number of anilines is 1. The van der Waals surface area contributed by atoms with E-state index in [1.165, 1.54) is 34.0 Å². The highest BCUT2D eigenvalue weighted by Crippen LogP contribution is 2.35. The molecule has 1 saturated heterocycles. The monoisotopic (exact) mass is 705 g/mol. The predicted molar refractivity (Wildman–Crippen MR) is 200 cm³/mol. The number of aromatic nitrogens is 2. The van der Waals surface area contributed by atoms with E-state index in [0.29, 0.717) is 47.0 Å². The summed E-state index contributed by atoms with van der Waals surface area (Å²) < 4.78 is 11.0. The zero-order chi connectivity index (χ0) is 34.5. The third-order valence-electron chi connectivity index (χ3n) is 9.44. The number of carbonyl (C=O) groups is 1. The number of piperazine rings is 1. The van der Waals surface area contributed by atoms with Gasteiger partial charge in [0, 0.05) is 56.7 Å². The summed E-state index contributed by atoms with van der Waals surface area (Å²) in [7, 11) is 3.31. The van der Waals surface area contributed by atoms with Gasteiger partial charge in [-0.2, -0.15) is 0 Å². The third kappa shape index (κ3) is 7.60. The van der Waals surface area contributed by atoms with Crippen molar-refractivity contribution in [1.82, 2.24) is 19.8 Å². The molecule has 50 heavy (non-hydrogen) atoms. The summed E-state index contributed by atoms with van der Waals surface area (Å²) in [5.74, 6) is 2.93. The van der Waals surface area contributed by atoms with Gasteiger partial charge in [0.05, 0.1) is 20.3 Å². The molecule has 0 bridgehead atoms. The summed E-state index contributed by atoms with van der Waals surface area (Å²) in [6, 6.07) is 35.2. The SMILES string of the molecule is COc1cc2c(cc1OC)CN(c1cc(Cl)nc(SCc3cccc(C(=O)N4CCN(C(c5ccccc5)c5ccccc5)CC4)c3)n1)CC2. The molecule has 1 fully saturated rings. The van der Waals surface area contributed by atoms with Crippen LogP contribution in [-0.2, 0) is 18.7 Å². The molecule has 0 aliphatic carbocycles. The number of ether oxygens (including phenoxy) is 2. The van der Waals surface area contributed by atoms with E-state index in [9.17, 15) is 4.79 Å². The standard InChI is InChI=1S/C40H40ClN5O3S/c1-48-34-23-31-16-17-46(26-33(31)24-35(34)49-2)37-25-36(41)42-40(43-37)50-27-28-10-9-15-32(22-28)39(47)45-20-18-44(19-21-45)38(29-11-5-3-6-12-29)30-13-7-4-8-14-30/h3-15,22-25,38H,16-21,26-27H2,1-2H3. The van der Waals surface area contributed by atoms with Gasteiger partial charge in [0.1, 0.15) is 11.0 Å². The average Bonchev–Trinajstić information content (AvgIpc) is 3.17. The molecule has 0 radical (unpaired) electrons. The van der Waals surface area contributed by atoms with Crippen LogP contribution in [0.15, 0.2) is 108 Å². The predicted octanol–water partition coefficient (Wildman–Crippen LogP) is 7.55. The molecule has 0 unspecified atom stereocenters. The number of nitrogens with zero attached hydrogens (tertiary/aromatic N) is 5. The summed E-state index contributed by atoms with van der Waals surface area (Å²) >= 11 is 8.03. The van der Waals surface area contributed by atoms with Gasteiger partial charge in [-0.15, -0.1) is 0 Å². The minimum Gasteiger partial charge on any atom is -0.493 e. The number of rotatable bonds is 10. The molecule has 1 aromatic heterocycles. The van der Waals surface area contributed by atoms with Gasteiger partial charge in [0.2, 0.25) is 0 Å². The highest BCUT2D eigenvalue weighted by molar-refractivity contribution is 7.98. The van der Waals surface area contributed by atoms with Crippen LogP contribution >= 0.6 is 23.4 Å². The van der Waals surface area contributed by atoms with E-state index in [-0.39, 0.29) is 11.9 Å². The van der Waals surface area contributed by atoms with Gasteiger partial charge >= 0.3 is 0 Å². The molecule has 10 heteroatoms. The highest BCUT2D eigenvalue weighted by atomic mass is 35.5. The zero-order valence-corrected chi connectivity index (χ0v) is 29.9. The summed E-state index contributed by atoms with van der Waals surface area (Å²) in [6.07, 6.45) is 0.857. The van der Waals surface area contributed by atoms with Crippen molar-refractivity contribution in [2.45, 2.75) is 29.9 Å². The van der Waals surface area contributed by atoms with Crippen LogP contribution in [0.2, 0.25) is 5.15 Å². The van der Waals surface area contributed by atoms with Crippen molar-refractivity contribution in [3.63, 3.8) is 0 Å². The summed E-state index contributed by atoms with van der Waals surface area (Å²) in [5, 5.41) is 1.00. The second kappa shape index (κ2) is 15.5. The number of thioether (sulfide) groups is 1. The van der Waals surface area contributed by atoms with E-state index in [4.69, 9.17) is 26.1 Å². The van der Waals surface area contributed by atoms with Crippen molar-refractivity contribution >= 4 is 35.1 Å². The summed E-state index contributed by atoms with van der Waals surface area (Å²) in [5.41, 5.74) is 6.68. The third-order valence-corrected chi connectivity index (χ3v) is 10.6. The van der Waals surface area contributed by atoms with Gasteiger partial charge in [0.15, 0.2) is 16.7 Å². The fourth-order valence-corrected chi connectivity index (χ4v) is 7.91. The van der Waals surface area contributed by atoms with Crippen LogP contribution in [0.4, 0.5) is 5.82 Å². The molecule has 4 aromatic carbocycles. The lowest BCUT2D eigenvalue weighted by atomic mass is 9.96. The Kier molecular flexibility index (Phi) is 10.5. The number of halogens is 1. The number of benzene rings is 4. The molecule has 3 heterocycles. The van der Waals surface area contributed by atoms with Gasteiger partial charge in [0.25, 0.3) is 5.91 Å². The van der Waals surface area contributed by atoms with Crippen molar-refractivity contribution in [2.24, 2.45) is 0 Å². The van der Waals surface area contributed by atoms with Crippen molar-refractivity contribution in [2.75, 3.05) is 51.8 Å². The van der Waals surface area contributed by atoms with Crippen LogP contribution in [0.1, 0.15) is 44.2 Å². The van der Waals surface area contributed by atoms with E-state index in [0.717, 1.165) is 43.2 Å². The first kappa shape index (κ1) is 33.9. The fourth-order valence-electron chi connectivity index (χ4n) is 6.88. The van der Waals surface area contributed by atoms with E-state index in [1.807, 2.05) is 41.3 Å². The quantitative estimate of drug-likeness (QED) is 0.0839. The molecule has 5 aromatic rings. The Morgan fingerprint density at radius 3 is 2.10 bits per heavy atom. The van der Waals surface area contributed by atoms with Gasteiger partial charge in [-0.1, -0.05) is 96.2 Å². The molecule has 2 aliphatic rings. The molecular formula is C40H40ClN5O3S. The Hall–Kier alpha value is -4.57. The van der Waals surface area contributed by atoms with E-state index >= 15 is 0 Å². The second-order valence-electron chi connectivity index (χ2n) is 12.5. The minimum atomic E-state index is 0.0633. The van der Waals surface area contributed by atoms with E-state index in [2.05, 4.69) is 81.5 Å². The van der Waals surface area contributed by atoms with Crippen LogP contribution in [0.25, 0.3) is 0 Å². The Balaban J connectivity index is 0.987. The van der Waals surface area contributed by atoms with Crippen LogP contribution in [0, 0.1) is 0 Å². The molecule has 0 spiro atoms. The molecule has 0 saturated carbocycles. The van der Waals surface area contributed by atoms with Crippen molar-refractivity contribution in [1.29, 1.82) is 0 Å². The number of hydrogen-bond acceptors (Lipinski definition) is 8. The lowest BCUT2D eigenvalue weighted by Crippen LogP contribution is -2.49. The molecule has 8 nitrogen and oxygen atoms in total. The molecule has 256 valence electrons. The van der Waals surface area contributed by atoms with Crippen LogP contribution in [0.5, 0.6) is 11.5 Å². The van der Waals surface area contributed by atoms with Crippen molar-refractivity contribution in [3.8, 4) is 11.5 Å². The molecule has 0 atom stereocenters. The lowest BCUT2D eigenvalue weighted by Gasteiger charge is -2.39. The Morgan fingerprint density at radius 1 is 0.780 bits per heavy atom. The number of carbonyl (C=O) groups excluding carboxylic acids is 1. The largest absolute Gasteiger partial charge is 0.493 e. The smallest absolute Gasteiger partial charge is 0.253 e. The maximum Gasteiger partial charge on any atom is 0.253 e. The Labute approximate surface area is 303 Å². The van der Waals surface area contributed by atoms with E-state index in [1.54, 1.807) is 14.2 Å². The van der Waals surface area contributed by atoms with Gasteiger partial charge in [-0.25, -0.2) is 9.97 Å². The molecule has 1 amide bonds. The van der Waals surface area contributed by atoms with Crippen LogP contribution in [0.3, 0.4) is 0 Å². The molecular weight excluding hydrogens is 666 g/mol. The first-order valence-corrected chi connectivity index (χ1v) is 18.2. The first-order chi connectivity index (χ1) is 24.5. The lowest BCUT2D eigenvalue weighted by molar-refractivity contribution is 0.0597. The fraction of sp³-hybridized carbons (Fsp3) is 0.275. The second-order valence-corrected chi connectivity index (χ2v) is 13.8. The topological polar surface area (TPSA) is 71.0 Å². The summed E-state index contributed by atoms with van der Waals surface area (Å²) in [6.45, 7) is 4.44. The van der Waals surface area contributed by atoms with Crippen molar-refractivity contribution < 1.29 is 14.3 Å². The van der Waals surface area contributed by atoms with Gasteiger partial charge in [-0.05, 0) is 58.5 Å². The van der Waals surface area contributed by atoms with Crippen LogP contribution in [-0.4, -0.2) is 72.6 Å². The average molecular weight is 706 g/mol. The Bertz CT molecular complexity index is 1900. The van der Waals surface area contributed by atoms with Gasteiger partial charge < -0.3 is 19.3 Å². The number of amides is 1. The first-order valence-electron chi connectivity index (χ1n) is 16.9. The maximum atomic E-state index is 13.7. The number of fused-ring (bicyclic) bond motifs is 1. The zero-order valence-electron chi connectivity index (χ0n) is 28.3. The van der Waals surface area contributed by atoms with Gasteiger partial charge in [-0.3, -0.25) is 9.69 Å². The van der Waals surface area contributed by atoms with Crippen molar-refractivity contribution in [3.05, 3.63) is 142 Å². The molecule has 7 rings (SSSR count). The molecule has 0 N–H and O–H groups in total.